The van der Waals surface area contributed by atoms with Gasteiger partial charge < -0.3 is 10.4 Å². The van der Waals surface area contributed by atoms with Gasteiger partial charge in [0.05, 0.1) is 18.8 Å². The number of aromatic nitrogens is 2. The Kier molecular flexibility index (Phi) is 4.71. The van der Waals surface area contributed by atoms with Crippen molar-refractivity contribution in [2.45, 2.75) is 11.7 Å². The SMILES string of the molecule is O=C(O)CC1SC(=NN=Cc2ccccc2-c2cn[nH]c2)NC1=O. The third kappa shape index (κ3) is 3.69. The first-order valence-electron chi connectivity index (χ1n) is 7.02. The quantitative estimate of drug-likeness (QED) is 0.561. The van der Waals surface area contributed by atoms with Crippen LogP contribution >= 0.6 is 11.8 Å². The highest BCUT2D eigenvalue weighted by Crippen LogP contribution is 2.23. The number of nitrogens with one attached hydrogen (secondary N) is 2. The molecule has 2 heterocycles. The van der Waals surface area contributed by atoms with E-state index in [0.717, 1.165) is 28.5 Å². The van der Waals surface area contributed by atoms with E-state index in [4.69, 9.17) is 5.11 Å². The minimum absolute atomic E-state index is 0.247. The first-order chi connectivity index (χ1) is 11.6. The zero-order chi connectivity index (χ0) is 16.9. The number of nitrogens with zero attached hydrogens (tertiary/aromatic N) is 3. The Hall–Kier alpha value is -2.94. The number of carboxylic acids is 1. The summed E-state index contributed by atoms with van der Waals surface area (Å²) in [7, 11) is 0. The average Bonchev–Trinajstić information content (AvgIpc) is 3.18. The van der Waals surface area contributed by atoms with E-state index in [0.29, 0.717) is 5.17 Å². The van der Waals surface area contributed by atoms with Gasteiger partial charge in [-0.1, -0.05) is 36.0 Å². The molecule has 1 amide bonds. The van der Waals surface area contributed by atoms with Crippen LogP contribution < -0.4 is 5.32 Å². The van der Waals surface area contributed by atoms with Crippen LogP contribution in [0.1, 0.15) is 12.0 Å². The van der Waals surface area contributed by atoms with E-state index in [-0.39, 0.29) is 12.3 Å². The van der Waals surface area contributed by atoms with Gasteiger partial charge in [0.1, 0.15) is 5.25 Å². The molecule has 1 aromatic heterocycles. The molecular weight excluding hydrogens is 330 g/mol. The molecule has 0 bridgehead atoms. The summed E-state index contributed by atoms with van der Waals surface area (Å²) in [5, 5.41) is 25.5. The first-order valence-corrected chi connectivity index (χ1v) is 7.90. The fourth-order valence-electron chi connectivity index (χ4n) is 2.16. The number of amides is 1. The lowest BCUT2D eigenvalue weighted by Gasteiger charge is -2.01. The second-order valence-corrected chi connectivity index (χ2v) is 6.11. The molecule has 9 heteroatoms. The van der Waals surface area contributed by atoms with E-state index < -0.39 is 11.2 Å². The molecule has 1 aliphatic heterocycles. The van der Waals surface area contributed by atoms with Gasteiger partial charge in [0.15, 0.2) is 5.17 Å². The summed E-state index contributed by atoms with van der Waals surface area (Å²) < 4.78 is 0. The molecule has 1 unspecified atom stereocenters. The monoisotopic (exact) mass is 343 g/mol. The summed E-state index contributed by atoms with van der Waals surface area (Å²) in [6.07, 6.45) is 4.82. The predicted octanol–water partition coefficient (Wildman–Crippen LogP) is 1.47. The van der Waals surface area contributed by atoms with Crippen molar-refractivity contribution < 1.29 is 14.7 Å². The Balaban J connectivity index is 1.74. The Morgan fingerprint density at radius 2 is 2.25 bits per heavy atom. The second-order valence-electron chi connectivity index (χ2n) is 4.92. The van der Waals surface area contributed by atoms with Crippen molar-refractivity contribution in [1.29, 1.82) is 0 Å². The number of thioether (sulfide) groups is 1. The molecule has 1 atom stereocenters. The Labute approximate surface area is 141 Å². The summed E-state index contributed by atoms with van der Waals surface area (Å²) >= 11 is 1.06. The molecule has 0 saturated carbocycles. The number of hydrogen-bond donors (Lipinski definition) is 3. The molecule has 8 nitrogen and oxygen atoms in total. The van der Waals surface area contributed by atoms with Gasteiger partial charge in [-0.3, -0.25) is 14.7 Å². The summed E-state index contributed by atoms with van der Waals surface area (Å²) in [4.78, 5) is 22.3. The van der Waals surface area contributed by atoms with Crippen molar-refractivity contribution in [2.24, 2.45) is 10.2 Å². The molecule has 122 valence electrons. The number of aromatic amines is 1. The standard InChI is InChI=1S/C15H13N5O3S/c21-13(22)5-12-14(23)19-15(24-12)20-18-6-9-3-1-2-4-11(9)10-7-16-17-8-10/h1-4,6-8,12H,5H2,(H,16,17)(H,21,22)(H,19,20,23). The first kappa shape index (κ1) is 15.9. The van der Waals surface area contributed by atoms with Crippen LogP contribution in [-0.2, 0) is 9.59 Å². The highest BCUT2D eigenvalue weighted by atomic mass is 32.2. The van der Waals surface area contributed by atoms with Crippen LogP contribution in [0.3, 0.4) is 0 Å². The molecule has 2 aromatic rings. The lowest BCUT2D eigenvalue weighted by molar-refractivity contribution is -0.138. The molecule has 3 N–H and O–H groups in total. The minimum atomic E-state index is -1.03. The maximum absolute atomic E-state index is 11.6. The van der Waals surface area contributed by atoms with Gasteiger partial charge >= 0.3 is 5.97 Å². The molecule has 0 spiro atoms. The zero-order valence-electron chi connectivity index (χ0n) is 12.3. The molecule has 24 heavy (non-hydrogen) atoms. The molecule has 0 radical (unpaired) electrons. The van der Waals surface area contributed by atoms with Crippen LogP contribution in [0.25, 0.3) is 11.1 Å². The summed E-state index contributed by atoms with van der Waals surface area (Å²) in [5.74, 6) is -1.39. The van der Waals surface area contributed by atoms with E-state index in [1.165, 1.54) is 0 Å². The van der Waals surface area contributed by atoms with Crippen molar-refractivity contribution >= 4 is 35.0 Å². The van der Waals surface area contributed by atoms with Gasteiger partial charge in [-0.15, -0.1) is 5.10 Å². The third-order valence-electron chi connectivity index (χ3n) is 3.25. The molecule has 0 aliphatic carbocycles. The summed E-state index contributed by atoms with van der Waals surface area (Å²) in [6, 6.07) is 7.62. The topological polar surface area (TPSA) is 120 Å². The van der Waals surface area contributed by atoms with E-state index in [1.807, 2.05) is 24.3 Å². The zero-order valence-corrected chi connectivity index (χ0v) is 13.2. The summed E-state index contributed by atoms with van der Waals surface area (Å²) in [5.41, 5.74) is 2.72. The van der Waals surface area contributed by atoms with Gasteiger partial charge in [-0.25, -0.2) is 0 Å². The Morgan fingerprint density at radius 3 is 3.00 bits per heavy atom. The molecule has 1 aromatic carbocycles. The number of benzene rings is 1. The van der Waals surface area contributed by atoms with Gasteiger partial charge in [0.2, 0.25) is 5.91 Å². The number of amidine groups is 1. The Morgan fingerprint density at radius 1 is 1.42 bits per heavy atom. The van der Waals surface area contributed by atoms with Gasteiger partial charge in [-0.2, -0.15) is 10.2 Å². The maximum Gasteiger partial charge on any atom is 0.305 e. The largest absolute Gasteiger partial charge is 0.481 e. The second kappa shape index (κ2) is 7.09. The van der Waals surface area contributed by atoms with Gasteiger partial charge in [-0.05, 0) is 5.56 Å². The van der Waals surface area contributed by atoms with Crippen LogP contribution in [0.2, 0.25) is 0 Å². The fourth-order valence-corrected chi connectivity index (χ4v) is 3.07. The minimum Gasteiger partial charge on any atom is -0.481 e. The smallest absolute Gasteiger partial charge is 0.305 e. The number of hydrogen-bond acceptors (Lipinski definition) is 6. The molecule has 1 fully saturated rings. The van der Waals surface area contributed by atoms with E-state index in [2.05, 4.69) is 25.7 Å². The van der Waals surface area contributed by atoms with E-state index in [1.54, 1.807) is 18.6 Å². The third-order valence-corrected chi connectivity index (χ3v) is 4.32. The van der Waals surface area contributed by atoms with Crippen LogP contribution in [0.5, 0.6) is 0 Å². The number of H-pyrrole nitrogens is 1. The van der Waals surface area contributed by atoms with Crippen molar-refractivity contribution in [2.75, 3.05) is 0 Å². The number of rotatable bonds is 5. The summed E-state index contributed by atoms with van der Waals surface area (Å²) in [6.45, 7) is 0. The van der Waals surface area contributed by atoms with Crippen LogP contribution in [0.15, 0.2) is 46.9 Å². The van der Waals surface area contributed by atoms with Crippen molar-refractivity contribution in [3.63, 3.8) is 0 Å². The Bertz CT molecular complexity index is 816. The van der Waals surface area contributed by atoms with Gasteiger partial charge in [0.25, 0.3) is 0 Å². The lowest BCUT2D eigenvalue weighted by atomic mass is 10.0. The fraction of sp³-hybridized carbons (Fsp3) is 0.133. The molecule has 1 aliphatic rings. The predicted molar refractivity (Wildman–Crippen MR) is 90.8 cm³/mol. The number of aliphatic carboxylic acids is 1. The van der Waals surface area contributed by atoms with E-state index in [9.17, 15) is 9.59 Å². The van der Waals surface area contributed by atoms with Crippen LogP contribution in [-0.4, -0.2) is 43.8 Å². The van der Waals surface area contributed by atoms with E-state index >= 15 is 0 Å². The maximum atomic E-state index is 11.6. The van der Waals surface area contributed by atoms with Crippen LogP contribution in [0.4, 0.5) is 0 Å². The average molecular weight is 343 g/mol. The number of carbonyl (C=O) groups excluding carboxylic acids is 1. The highest BCUT2D eigenvalue weighted by molar-refractivity contribution is 8.15. The number of carbonyl (C=O) groups is 2. The molecule has 1 saturated heterocycles. The molecular formula is C15H13N5O3S. The number of carboxylic acid groups (broad SMARTS) is 1. The van der Waals surface area contributed by atoms with Crippen molar-refractivity contribution in [3.8, 4) is 11.1 Å². The van der Waals surface area contributed by atoms with Crippen molar-refractivity contribution in [3.05, 3.63) is 42.2 Å². The van der Waals surface area contributed by atoms with Crippen molar-refractivity contribution in [1.82, 2.24) is 15.5 Å². The van der Waals surface area contributed by atoms with Crippen LogP contribution in [0, 0.1) is 0 Å². The molecule has 3 rings (SSSR count). The van der Waals surface area contributed by atoms with Gasteiger partial charge in [0, 0.05) is 17.3 Å². The lowest BCUT2D eigenvalue weighted by Crippen LogP contribution is -2.26. The normalized spacial score (nSPS) is 19.1. The highest BCUT2D eigenvalue weighted by Gasteiger charge is 2.32.